The average Bonchev–Trinajstić information content (AvgIpc) is 3.40. The number of aromatic nitrogens is 1. The Morgan fingerprint density at radius 3 is 2.52 bits per heavy atom. The third kappa shape index (κ3) is 3.77. The van der Waals surface area contributed by atoms with E-state index in [1.807, 2.05) is 84.9 Å². The van der Waals surface area contributed by atoms with Gasteiger partial charge in [0.05, 0.1) is 11.9 Å². The minimum atomic E-state index is 0.603. The van der Waals surface area contributed by atoms with Crippen LogP contribution in [0.3, 0.4) is 0 Å². The van der Waals surface area contributed by atoms with E-state index in [4.69, 9.17) is 8.83 Å². The van der Waals surface area contributed by atoms with Crippen LogP contribution in [0.15, 0.2) is 103 Å². The van der Waals surface area contributed by atoms with Gasteiger partial charge >= 0.3 is 0 Å². The first kappa shape index (κ1) is 17.6. The topological polar surface area (TPSA) is 51.5 Å². The molecule has 0 amide bonds. The van der Waals surface area contributed by atoms with Crippen molar-refractivity contribution in [2.75, 3.05) is 0 Å². The quantitative estimate of drug-likeness (QED) is 0.275. The van der Waals surface area contributed by atoms with Crippen LogP contribution in [-0.4, -0.2) is 11.2 Å². The largest absolute Gasteiger partial charge is 0.455 e. The molecule has 0 saturated carbocycles. The summed E-state index contributed by atoms with van der Waals surface area (Å²) in [4.78, 5) is 9.06. The van der Waals surface area contributed by atoms with Crippen molar-refractivity contribution >= 4 is 38.9 Å². The zero-order valence-corrected chi connectivity index (χ0v) is 16.8. The van der Waals surface area contributed by atoms with Gasteiger partial charge in [-0.15, -0.1) is 0 Å². The van der Waals surface area contributed by atoms with Gasteiger partial charge in [-0.1, -0.05) is 46.3 Å². The average molecular weight is 443 g/mol. The zero-order chi connectivity index (χ0) is 19.6. The lowest BCUT2D eigenvalue weighted by Crippen LogP contribution is -1.76. The summed E-state index contributed by atoms with van der Waals surface area (Å²) in [6, 6.07) is 27.4. The molecule has 5 heteroatoms. The molecule has 5 aromatic rings. The summed E-state index contributed by atoms with van der Waals surface area (Å²) in [5, 5.41) is 0. The van der Waals surface area contributed by atoms with Gasteiger partial charge in [-0.05, 0) is 48.5 Å². The molecule has 0 atom stereocenters. The molecule has 5 rings (SSSR count). The maximum absolute atomic E-state index is 5.91. The first-order valence-electron chi connectivity index (χ1n) is 9.10. The number of benzene rings is 3. The summed E-state index contributed by atoms with van der Waals surface area (Å²) in [7, 11) is 0. The van der Waals surface area contributed by atoms with Gasteiger partial charge in [-0.3, -0.25) is 4.99 Å². The Labute approximate surface area is 175 Å². The standard InChI is InChI=1S/C24H15BrN2O2/c25-18-8-4-7-17(13-18)22-12-10-20(28-22)15-26-19-9-11-21-23(14-19)29-24(27-21)16-5-2-1-3-6-16/h1-15H. The highest BCUT2D eigenvalue weighted by atomic mass is 79.9. The minimum absolute atomic E-state index is 0.603. The second-order valence-electron chi connectivity index (χ2n) is 6.51. The number of fused-ring (bicyclic) bond motifs is 1. The van der Waals surface area contributed by atoms with Gasteiger partial charge < -0.3 is 8.83 Å². The van der Waals surface area contributed by atoms with Crippen LogP contribution in [0.2, 0.25) is 0 Å². The SMILES string of the molecule is Brc1cccc(-c2ccc(C=Nc3ccc4nc(-c5ccccc5)oc4c3)o2)c1. The van der Waals surface area contributed by atoms with Crippen molar-refractivity contribution in [3.8, 4) is 22.8 Å². The van der Waals surface area contributed by atoms with Crippen molar-refractivity contribution in [3.63, 3.8) is 0 Å². The van der Waals surface area contributed by atoms with E-state index in [1.54, 1.807) is 6.21 Å². The maximum Gasteiger partial charge on any atom is 0.227 e. The van der Waals surface area contributed by atoms with Crippen LogP contribution >= 0.6 is 15.9 Å². The zero-order valence-electron chi connectivity index (χ0n) is 15.2. The molecule has 2 aromatic heterocycles. The second-order valence-corrected chi connectivity index (χ2v) is 7.42. The number of hydrogen-bond acceptors (Lipinski definition) is 4. The fourth-order valence-electron chi connectivity index (χ4n) is 3.06. The summed E-state index contributed by atoms with van der Waals surface area (Å²) in [6.45, 7) is 0. The highest BCUT2D eigenvalue weighted by Crippen LogP contribution is 2.28. The second kappa shape index (κ2) is 7.53. The highest BCUT2D eigenvalue weighted by molar-refractivity contribution is 9.10. The van der Waals surface area contributed by atoms with Crippen LogP contribution in [0.4, 0.5) is 5.69 Å². The van der Waals surface area contributed by atoms with Gasteiger partial charge in [0.25, 0.3) is 0 Å². The van der Waals surface area contributed by atoms with Crippen LogP contribution in [0.5, 0.6) is 0 Å². The van der Waals surface area contributed by atoms with E-state index < -0.39 is 0 Å². The molecule has 2 heterocycles. The van der Waals surface area contributed by atoms with E-state index >= 15 is 0 Å². The Bertz CT molecular complexity index is 1320. The minimum Gasteiger partial charge on any atom is -0.455 e. The smallest absolute Gasteiger partial charge is 0.227 e. The third-order valence-corrected chi connectivity index (χ3v) is 4.96. The van der Waals surface area contributed by atoms with E-state index in [1.165, 1.54) is 0 Å². The van der Waals surface area contributed by atoms with Gasteiger partial charge in [0.2, 0.25) is 5.89 Å². The van der Waals surface area contributed by atoms with E-state index in [9.17, 15) is 0 Å². The number of furan rings is 1. The molecule has 29 heavy (non-hydrogen) atoms. The molecule has 0 radical (unpaired) electrons. The molecule has 0 spiro atoms. The number of hydrogen-bond donors (Lipinski definition) is 0. The molecule has 4 nitrogen and oxygen atoms in total. The predicted molar refractivity (Wildman–Crippen MR) is 119 cm³/mol. The lowest BCUT2D eigenvalue weighted by molar-refractivity contribution is 0.575. The first-order chi connectivity index (χ1) is 14.2. The molecule has 0 saturated heterocycles. The predicted octanol–water partition coefficient (Wildman–Crippen LogP) is 7.27. The Morgan fingerprint density at radius 2 is 1.66 bits per heavy atom. The fraction of sp³-hybridized carbons (Fsp3) is 0. The molecule has 0 aliphatic rings. The molecular weight excluding hydrogens is 428 g/mol. The number of halogens is 1. The first-order valence-corrected chi connectivity index (χ1v) is 9.90. The molecule has 0 bridgehead atoms. The Kier molecular flexibility index (Phi) is 4.58. The summed E-state index contributed by atoms with van der Waals surface area (Å²) in [6.07, 6.45) is 1.71. The molecular formula is C24H15BrN2O2. The number of aliphatic imine (C=N–C) groups is 1. The highest BCUT2D eigenvalue weighted by Gasteiger charge is 2.08. The molecule has 0 aliphatic carbocycles. The lowest BCUT2D eigenvalue weighted by Gasteiger charge is -1.97. The summed E-state index contributed by atoms with van der Waals surface area (Å²) in [5.74, 6) is 2.08. The molecule has 0 N–H and O–H groups in total. The summed E-state index contributed by atoms with van der Waals surface area (Å²) in [5.41, 5.74) is 4.24. The Morgan fingerprint density at radius 1 is 0.793 bits per heavy atom. The van der Waals surface area contributed by atoms with Crippen LogP contribution in [0, 0.1) is 0 Å². The molecule has 3 aromatic carbocycles. The van der Waals surface area contributed by atoms with Gasteiger partial charge in [0.15, 0.2) is 5.58 Å². The third-order valence-electron chi connectivity index (χ3n) is 4.47. The summed E-state index contributed by atoms with van der Waals surface area (Å²) < 4.78 is 12.8. The Hall–Kier alpha value is -3.44. The van der Waals surface area contributed by atoms with Crippen molar-refractivity contribution in [1.82, 2.24) is 4.98 Å². The number of oxazole rings is 1. The Balaban J connectivity index is 1.39. The fourth-order valence-corrected chi connectivity index (χ4v) is 3.45. The van der Waals surface area contributed by atoms with E-state index in [0.29, 0.717) is 17.2 Å². The van der Waals surface area contributed by atoms with Gasteiger partial charge in [0, 0.05) is 21.7 Å². The number of nitrogens with zero attached hydrogens (tertiary/aromatic N) is 2. The van der Waals surface area contributed by atoms with Crippen LogP contribution < -0.4 is 0 Å². The van der Waals surface area contributed by atoms with E-state index in [0.717, 1.165) is 32.6 Å². The molecule has 140 valence electrons. The van der Waals surface area contributed by atoms with Crippen LogP contribution in [0.25, 0.3) is 33.9 Å². The van der Waals surface area contributed by atoms with Gasteiger partial charge in [0.1, 0.15) is 17.0 Å². The van der Waals surface area contributed by atoms with E-state index in [2.05, 4.69) is 25.9 Å². The normalized spacial score (nSPS) is 11.5. The molecule has 0 unspecified atom stereocenters. The van der Waals surface area contributed by atoms with Crippen LogP contribution in [-0.2, 0) is 0 Å². The van der Waals surface area contributed by atoms with Gasteiger partial charge in [-0.2, -0.15) is 0 Å². The maximum atomic E-state index is 5.91. The van der Waals surface area contributed by atoms with Gasteiger partial charge in [-0.25, -0.2) is 4.98 Å². The number of rotatable bonds is 4. The van der Waals surface area contributed by atoms with Crippen molar-refractivity contribution in [3.05, 3.63) is 95.2 Å². The van der Waals surface area contributed by atoms with Crippen molar-refractivity contribution in [2.45, 2.75) is 0 Å². The molecule has 0 aliphatic heterocycles. The van der Waals surface area contributed by atoms with Crippen molar-refractivity contribution in [2.24, 2.45) is 4.99 Å². The lowest BCUT2D eigenvalue weighted by atomic mass is 10.2. The molecule has 0 fully saturated rings. The van der Waals surface area contributed by atoms with E-state index in [-0.39, 0.29) is 0 Å². The summed E-state index contributed by atoms with van der Waals surface area (Å²) >= 11 is 3.48. The monoisotopic (exact) mass is 442 g/mol. The van der Waals surface area contributed by atoms with Crippen molar-refractivity contribution < 1.29 is 8.83 Å². The van der Waals surface area contributed by atoms with Crippen molar-refractivity contribution in [1.29, 1.82) is 0 Å². The van der Waals surface area contributed by atoms with Crippen LogP contribution in [0.1, 0.15) is 5.76 Å².